The molecule has 0 radical (unpaired) electrons. The molecule has 0 unspecified atom stereocenters. The molecule has 138 valence electrons. The Morgan fingerprint density at radius 3 is 2.44 bits per heavy atom. The lowest BCUT2D eigenvalue weighted by Crippen LogP contribution is -2.29. The Balaban J connectivity index is 1.85. The Morgan fingerprint density at radius 2 is 1.78 bits per heavy atom. The van der Waals surface area contributed by atoms with Gasteiger partial charge in [-0.3, -0.25) is 9.59 Å². The average Bonchev–Trinajstić information content (AvgIpc) is 3.10. The summed E-state index contributed by atoms with van der Waals surface area (Å²) in [6.45, 7) is 1.77. The van der Waals surface area contributed by atoms with E-state index in [9.17, 15) is 9.59 Å². The molecule has 0 fully saturated rings. The Bertz CT molecular complexity index is 1000. The number of halogens is 2. The van der Waals surface area contributed by atoms with Crippen LogP contribution in [-0.2, 0) is 0 Å². The first-order chi connectivity index (χ1) is 12.8. The zero-order valence-electron chi connectivity index (χ0n) is 13.9. The van der Waals surface area contributed by atoms with Crippen molar-refractivity contribution in [3.05, 3.63) is 62.9 Å². The molecule has 2 amide bonds. The number of nitrogens with two attached hydrogens (primary N) is 1. The number of aromatic nitrogens is 5. The standard InChI is InChI=1S/C16H13Br2N7O2/c1-8(24-16(27)9-2-10(17)4-11(18)3-9)15-22-7-23-25(15)13-5-12(14(19)26)20-6-21-13/h2-8H,1H3,(H2,19,26)(H,24,27)/t8-/m0/s1. The van der Waals surface area contributed by atoms with Gasteiger partial charge in [-0.05, 0) is 25.1 Å². The minimum atomic E-state index is -0.679. The van der Waals surface area contributed by atoms with Gasteiger partial charge in [0.1, 0.15) is 18.3 Å². The molecule has 0 bridgehead atoms. The Labute approximate surface area is 170 Å². The molecule has 9 nitrogen and oxygen atoms in total. The lowest BCUT2D eigenvalue weighted by molar-refractivity contribution is 0.0936. The lowest BCUT2D eigenvalue weighted by atomic mass is 10.2. The molecule has 0 spiro atoms. The van der Waals surface area contributed by atoms with Crippen molar-refractivity contribution in [3.8, 4) is 5.82 Å². The molecule has 0 aliphatic rings. The number of nitrogens with one attached hydrogen (secondary N) is 1. The molecule has 11 heteroatoms. The average molecular weight is 495 g/mol. The highest BCUT2D eigenvalue weighted by Gasteiger charge is 2.19. The molecule has 0 aliphatic carbocycles. The molecular weight excluding hydrogens is 482 g/mol. The van der Waals surface area contributed by atoms with Gasteiger partial charge in [-0.15, -0.1) is 0 Å². The fourth-order valence-electron chi connectivity index (χ4n) is 2.35. The van der Waals surface area contributed by atoms with E-state index >= 15 is 0 Å². The molecule has 0 saturated carbocycles. The number of primary amides is 1. The van der Waals surface area contributed by atoms with Gasteiger partial charge in [0.05, 0.1) is 6.04 Å². The Morgan fingerprint density at radius 1 is 1.07 bits per heavy atom. The molecule has 3 aromatic rings. The van der Waals surface area contributed by atoms with E-state index < -0.39 is 11.9 Å². The van der Waals surface area contributed by atoms with Crippen molar-refractivity contribution < 1.29 is 9.59 Å². The van der Waals surface area contributed by atoms with Crippen LogP contribution in [0.5, 0.6) is 0 Å². The van der Waals surface area contributed by atoms with Crippen molar-refractivity contribution >= 4 is 43.7 Å². The van der Waals surface area contributed by atoms with E-state index in [2.05, 4.69) is 57.2 Å². The third kappa shape index (κ3) is 4.37. The summed E-state index contributed by atoms with van der Waals surface area (Å²) in [5.74, 6) is -0.203. The maximum atomic E-state index is 12.5. The van der Waals surface area contributed by atoms with Gasteiger partial charge in [0.2, 0.25) is 0 Å². The van der Waals surface area contributed by atoms with Gasteiger partial charge in [0.15, 0.2) is 11.6 Å². The molecule has 0 saturated heterocycles. The molecule has 2 aromatic heterocycles. The second-order valence-corrected chi connectivity index (χ2v) is 7.34. The van der Waals surface area contributed by atoms with Crippen LogP contribution >= 0.6 is 31.9 Å². The maximum absolute atomic E-state index is 12.5. The zero-order valence-corrected chi connectivity index (χ0v) is 17.1. The summed E-state index contributed by atoms with van der Waals surface area (Å²) >= 11 is 6.72. The van der Waals surface area contributed by atoms with Crippen LogP contribution in [0, 0.1) is 0 Å². The molecule has 27 heavy (non-hydrogen) atoms. The fourth-order valence-corrected chi connectivity index (χ4v) is 3.64. The largest absolute Gasteiger partial charge is 0.364 e. The third-order valence-corrected chi connectivity index (χ3v) is 4.47. The number of hydrogen-bond acceptors (Lipinski definition) is 6. The predicted molar refractivity (Wildman–Crippen MR) is 103 cm³/mol. The lowest BCUT2D eigenvalue weighted by Gasteiger charge is -2.14. The topological polar surface area (TPSA) is 129 Å². The van der Waals surface area contributed by atoms with Crippen LogP contribution in [0.1, 0.15) is 39.6 Å². The minimum Gasteiger partial charge on any atom is -0.364 e. The third-order valence-electron chi connectivity index (χ3n) is 3.56. The van der Waals surface area contributed by atoms with Crippen LogP contribution in [0.15, 0.2) is 45.9 Å². The van der Waals surface area contributed by atoms with Gasteiger partial charge >= 0.3 is 0 Å². The molecule has 1 atom stereocenters. The van der Waals surface area contributed by atoms with Gasteiger partial charge in [-0.1, -0.05) is 31.9 Å². The molecule has 3 rings (SSSR count). The molecule has 0 aliphatic heterocycles. The number of rotatable bonds is 5. The number of amides is 2. The number of nitrogens with zero attached hydrogens (tertiary/aromatic N) is 5. The van der Waals surface area contributed by atoms with Crippen molar-refractivity contribution in [2.45, 2.75) is 13.0 Å². The summed E-state index contributed by atoms with van der Waals surface area (Å²) < 4.78 is 2.96. The van der Waals surface area contributed by atoms with E-state index in [4.69, 9.17) is 5.73 Å². The monoisotopic (exact) mass is 493 g/mol. The first-order valence-electron chi connectivity index (χ1n) is 7.64. The zero-order chi connectivity index (χ0) is 19.6. The van der Waals surface area contributed by atoms with E-state index in [0.717, 1.165) is 8.95 Å². The van der Waals surface area contributed by atoms with Crippen molar-refractivity contribution in [2.24, 2.45) is 5.73 Å². The number of hydrogen-bond donors (Lipinski definition) is 2. The smallest absolute Gasteiger partial charge is 0.267 e. The quantitative estimate of drug-likeness (QED) is 0.559. The first kappa shape index (κ1) is 19.1. The highest BCUT2D eigenvalue weighted by atomic mass is 79.9. The predicted octanol–water partition coefficient (Wildman–Crippen LogP) is 2.17. The minimum absolute atomic E-state index is 0.0529. The SMILES string of the molecule is C[C@H](NC(=O)c1cc(Br)cc(Br)c1)c1ncnn1-c1cc(C(N)=O)ncn1. The summed E-state index contributed by atoms with van der Waals surface area (Å²) in [5, 5.41) is 6.97. The van der Waals surface area contributed by atoms with E-state index in [-0.39, 0.29) is 11.6 Å². The Kier molecular flexibility index (Phi) is 5.61. The number of carbonyl (C=O) groups is 2. The van der Waals surface area contributed by atoms with Crippen LogP contribution in [0.2, 0.25) is 0 Å². The normalized spacial score (nSPS) is 11.8. The van der Waals surface area contributed by atoms with E-state index in [1.165, 1.54) is 23.4 Å². The molecular formula is C16H13Br2N7O2. The van der Waals surface area contributed by atoms with Crippen LogP contribution < -0.4 is 11.1 Å². The van der Waals surface area contributed by atoms with Gasteiger partial charge in [0.25, 0.3) is 11.8 Å². The van der Waals surface area contributed by atoms with Crippen LogP contribution in [-0.4, -0.2) is 36.5 Å². The summed E-state index contributed by atoms with van der Waals surface area (Å²) in [7, 11) is 0. The fraction of sp³-hybridized carbons (Fsp3) is 0.125. The molecule has 2 heterocycles. The van der Waals surface area contributed by atoms with Crippen molar-refractivity contribution in [2.75, 3.05) is 0 Å². The summed E-state index contributed by atoms with van der Waals surface area (Å²) in [5.41, 5.74) is 5.78. The highest BCUT2D eigenvalue weighted by molar-refractivity contribution is 9.11. The van der Waals surface area contributed by atoms with E-state index in [0.29, 0.717) is 17.2 Å². The van der Waals surface area contributed by atoms with Gasteiger partial charge < -0.3 is 11.1 Å². The highest BCUT2D eigenvalue weighted by Crippen LogP contribution is 2.21. The van der Waals surface area contributed by atoms with E-state index in [1.807, 2.05) is 6.07 Å². The van der Waals surface area contributed by atoms with Gasteiger partial charge in [-0.2, -0.15) is 9.78 Å². The summed E-state index contributed by atoms with van der Waals surface area (Å²) in [6, 6.07) is 6.18. The Hall–Kier alpha value is -2.66. The van der Waals surface area contributed by atoms with E-state index in [1.54, 1.807) is 19.1 Å². The second-order valence-electron chi connectivity index (χ2n) is 5.51. The number of benzene rings is 1. The molecule has 3 N–H and O–H groups in total. The summed E-state index contributed by atoms with van der Waals surface area (Å²) in [6.07, 6.45) is 2.54. The second kappa shape index (κ2) is 7.92. The molecule has 1 aromatic carbocycles. The van der Waals surface area contributed by atoms with Crippen LogP contribution in [0.25, 0.3) is 5.82 Å². The van der Waals surface area contributed by atoms with Crippen molar-refractivity contribution in [3.63, 3.8) is 0 Å². The summed E-state index contributed by atoms with van der Waals surface area (Å²) in [4.78, 5) is 35.9. The van der Waals surface area contributed by atoms with Gasteiger partial charge in [-0.25, -0.2) is 15.0 Å². The number of carbonyl (C=O) groups excluding carboxylic acids is 2. The van der Waals surface area contributed by atoms with Crippen molar-refractivity contribution in [1.82, 2.24) is 30.0 Å². The van der Waals surface area contributed by atoms with Crippen molar-refractivity contribution in [1.29, 1.82) is 0 Å². The first-order valence-corrected chi connectivity index (χ1v) is 9.23. The van der Waals surface area contributed by atoms with Crippen LogP contribution in [0.4, 0.5) is 0 Å². The van der Waals surface area contributed by atoms with Gasteiger partial charge in [0, 0.05) is 20.6 Å². The maximum Gasteiger partial charge on any atom is 0.267 e. The van der Waals surface area contributed by atoms with Crippen LogP contribution in [0.3, 0.4) is 0 Å².